The zero-order chi connectivity index (χ0) is 19.8. The molecule has 1 amide bonds. The van der Waals surface area contributed by atoms with Gasteiger partial charge >= 0.3 is 0 Å². The van der Waals surface area contributed by atoms with Crippen molar-refractivity contribution in [2.45, 2.75) is 13.0 Å². The molecule has 0 atom stereocenters. The number of para-hydroxylation sites is 1. The third-order valence-electron chi connectivity index (χ3n) is 4.15. The summed E-state index contributed by atoms with van der Waals surface area (Å²) < 4.78 is 18.2. The van der Waals surface area contributed by atoms with E-state index >= 15 is 0 Å². The fourth-order valence-corrected chi connectivity index (χ4v) is 2.64. The monoisotopic (exact) mass is 380 g/mol. The first-order valence-corrected chi connectivity index (χ1v) is 8.86. The summed E-state index contributed by atoms with van der Waals surface area (Å²) in [5, 5.41) is 5.88. The van der Waals surface area contributed by atoms with Gasteiger partial charge in [0.25, 0.3) is 5.91 Å². The van der Waals surface area contributed by atoms with Crippen molar-refractivity contribution in [1.29, 1.82) is 0 Å². The van der Waals surface area contributed by atoms with Gasteiger partial charge in [-0.25, -0.2) is 14.4 Å². The number of halogens is 1. The van der Waals surface area contributed by atoms with Crippen molar-refractivity contribution in [3.8, 4) is 5.75 Å². The van der Waals surface area contributed by atoms with Crippen LogP contribution in [0.2, 0.25) is 0 Å². The first kappa shape index (κ1) is 19.3. The molecule has 144 valence electrons. The number of nitrogens with zero attached hydrogens (tertiary/aromatic N) is 2. The number of carbonyl (C=O) groups excluding carboxylic acids is 1. The second-order valence-electron chi connectivity index (χ2n) is 6.09. The molecule has 3 rings (SSSR count). The average Bonchev–Trinajstić information content (AvgIpc) is 2.74. The third kappa shape index (κ3) is 5.26. The fraction of sp³-hybridized carbons (Fsp3) is 0.190. The van der Waals surface area contributed by atoms with Crippen LogP contribution in [0.3, 0.4) is 0 Å². The number of hydrogen-bond donors (Lipinski definition) is 2. The summed E-state index contributed by atoms with van der Waals surface area (Å²) in [7, 11) is 1.65. The predicted molar refractivity (Wildman–Crippen MR) is 105 cm³/mol. The molecular weight excluding hydrogens is 359 g/mol. The van der Waals surface area contributed by atoms with Crippen molar-refractivity contribution in [2.75, 3.05) is 19.0 Å². The Bertz CT molecular complexity index is 914. The highest BCUT2D eigenvalue weighted by Crippen LogP contribution is 2.17. The number of hydrogen-bond acceptors (Lipinski definition) is 5. The average molecular weight is 380 g/mol. The van der Waals surface area contributed by atoms with E-state index in [1.165, 1.54) is 24.5 Å². The maximum Gasteiger partial charge on any atom is 0.254 e. The molecule has 6 nitrogen and oxygen atoms in total. The Hall–Kier alpha value is -3.48. The number of aromatic nitrogens is 2. The Kier molecular flexibility index (Phi) is 6.51. The number of carbonyl (C=O) groups is 1. The summed E-state index contributed by atoms with van der Waals surface area (Å²) in [5.74, 6) is 0.700. The standard InChI is InChI=1S/C21H21FN4O2/c1-28-19-5-3-2-4-16(19)10-11-23-21-25-13-17(14-26-21)20(27)24-12-15-6-8-18(22)9-7-15/h2-9,13-14H,10-12H2,1H3,(H,24,27)(H,23,25,26). The Morgan fingerprint density at radius 2 is 1.79 bits per heavy atom. The summed E-state index contributed by atoms with van der Waals surface area (Å²) >= 11 is 0. The summed E-state index contributed by atoms with van der Waals surface area (Å²) in [6, 6.07) is 13.8. The molecule has 0 radical (unpaired) electrons. The van der Waals surface area contributed by atoms with Crippen molar-refractivity contribution in [1.82, 2.24) is 15.3 Å². The molecular formula is C21H21FN4O2. The van der Waals surface area contributed by atoms with Gasteiger partial charge in [0.2, 0.25) is 5.95 Å². The van der Waals surface area contributed by atoms with Gasteiger partial charge in [0.05, 0.1) is 12.7 Å². The molecule has 0 aliphatic rings. The van der Waals surface area contributed by atoms with E-state index in [0.29, 0.717) is 24.6 Å². The van der Waals surface area contributed by atoms with Crippen LogP contribution < -0.4 is 15.4 Å². The SMILES string of the molecule is COc1ccccc1CCNc1ncc(C(=O)NCc2ccc(F)cc2)cn1. The lowest BCUT2D eigenvalue weighted by molar-refractivity contribution is 0.0950. The molecule has 1 heterocycles. The Morgan fingerprint density at radius 1 is 1.07 bits per heavy atom. The van der Waals surface area contributed by atoms with E-state index < -0.39 is 0 Å². The van der Waals surface area contributed by atoms with Crippen molar-refractivity contribution >= 4 is 11.9 Å². The second kappa shape index (κ2) is 9.45. The minimum absolute atomic E-state index is 0.287. The lowest BCUT2D eigenvalue weighted by Gasteiger charge is -2.09. The van der Waals surface area contributed by atoms with Gasteiger partial charge in [-0.15, -0.1) is 0 Å². The summed E-state index contributed by atoms with van der Waals surface area (Å²) in [4.78, 5) is 20.5. The van der Waals surface area contributed by atoms with Crippen LogP contribution in [0.1, 0.15) is 21.5 Å². The van der Waals surface area contributed by atoms with Crippen LogP contribution in [0.25, 0.3) is 0 Å². The van der Waals surface area contributed by atoms with Crippen LogP contribution in [0.5, 0.6) is 5.75 Å². The molecule has 0 bridgehead atoms. The predicted octanol–water partition coefficient (Wildman–Crippen LogP) is 3.21. The van der Waals surface area contributed by atoms with E-state index in [9.17, 15) is 9.18 Å². The van der Waals surface area contributed by atoms with Crippen LogP contribution in [-0.2, 0) is 13.0 Å². The number of nitrogens with one attached hydrogen (secondary N) is 2. The Labute approximate surface area is 162 Å². The van der Waals surface area contributed by atoms with Gasteiger partial charge in [-0.05, 0) is 35.7 Å². The van der Waals surface area contributed by atoms with Crippen LogP contribution in [0, 0.1) is 5.82 Å². The van der Waals surface area contributed by atoms with Crippen molar-refractivity contribution in [3.05, 3.63) is 83.4 Å². The smallest absolute Gasteiger partial charge is 0.254 e. The lowest BCUT2D eigenvalue weighted by Crippen LogP contribution is -2.23. The van der Waals surface area contributed by atoms with Crippen molar-refractivity contribution in [2.24, 2.45) is 0 Å². The maximum atomic E-state index is 12.9. The molecule has 0 aliphatic heterocycles. The molecule has 0 spiro atoms. The van der Waals surface area contributed by atoms with Gasteiger partial charge in [0, 0.05) is 25.5 Å². The zero-order valence-electron chi connectivity index (χ0n) is 15.5. The molecule has 2 aromatic carbocycles. The van der Waals surface area contributed by atoms with Crippen LogP contribution in [-0.4, -0.2) is 29.5 Å². The molecule has 0 fully saturated rings. The van der Waals surface area contributed by atoms with E-state index in [0.717, 1.165) is 23.3 Å². The normalized spacial score (nSPS) is 10.4. The van der Waals surface area contributed by atoms with E-state index in [2.05, 4.69) is 20.6 Å². The lowest BCUT2D eigenvalue weighted by atomic mass is 10.1. The number of benzene rings is 2. The van der Waals surface area contributed by atoms with Gasteiger partial charge in [-0.2, -0.15) is 0 Å². The van der Waals surface area contributed by atoms with Crippen LogP contribution >= 0.6 is 0 Å². The minimum atomic E-state index is -0.308. The van der Waals surface area contributed by atoms with Crippen LogP contribution in [0.15, 0.2) is 60.9 Å². The van der Waals surface area contributed by atoms with Gasteiger partial charge in [0.15, 0.2) is 0 Å². The van der Waals surface area contributed by atoms with E-state index in [4.69, 9.17) is 4.74 Å². The van der Waals surface area contributed by atoms with Crippen molar-refractivity contribution < 1.29 is 13.9 Å². The number of amides is 1. The first-order valence-electron chi connectivity index (χ1n) is 8.86. The van der Waals surface area contributed by atoms with E-state index in [1.54, 1.807) is 19.2 Å². The second-order valence-corrected chi connectivity index (χ2v) is 6.09. The minimum Gasteiger partial charge on any atom is -0.496 e. The molecule has 2 N–H and O–H groups in total. The highest BCUT2D eigenvalue weighted by Gasteiger charge is 2.07. The Morgan fingerprint density at radius 3 is 2.50 bits per heavy atom. The summed E-state index contributed by atoms with van der Waals surface area (Å²) in [6.45, 7) is 0.939. The zero-order valence-corrected chi connectivity index (χ0v) is 15.5. The number of ether oxygens (including phenoxy) is 1. The fourth-order valence-electron chi connectivity index (χ4n) is 2.64. The molecule has 1 aromatic heterocycles. The highest BCUT2D eigenvalue weighted by atomic mass is 19.1. The number of rotatable bonds is 8. The molecule has 7 heteroatoms. The van der Waals surface area contributed by atoms with Gasteiger partial charge in [-0.1, -0.05) is 30.3 Å². The number of methoxy groups -OCH3 is 1. The largest absolute Gasteiger partial charge is 0.496 e. The Balaban J connectivity index is 1.48. The maximum absolute atomic E-state index is 12.9. The van der Waals surface area contributed by atoms with Gasteiger partial charge in [0.1, 0.15) is 11.6 Å². The molecule has 0 aliphatic carbocycles. The third-order valence-corrected chi connectivity index (χ3v) is 4.15. The van der Waals surface area contributed by atoms with Gasteiger partial charge in [-0.3, -0.25) is 4.79 Å². The van der Waals surface area contributed by atoms with Crippen LogP contribution in [0.4, 0.5) is 10.3 Å². The summed E-state index contributed by atoms with van der Waals surface area (Å²) in [6.07, 6.45) is 3.70. The molecule has 0 unspecified atom stereocenters. The number of anilines is 1. The highest BCUT2D eigenvalue weighted by molar-refractivity contribution is 5.93. The summed E-state index contributed by atoms with van der Waals surface area (Å²) in [5.41, 5.74) is 2.26. The van der Waals surface area contributed by atoms with E-state index in [1.807, 2.05) is 24.3 Å². The molecule has 0 saturated heterocycles. The quantitative estimate of drug-likeness (QED) is 0.628. The topological polar surface area (TPSA) is 76.1 Å². The molecule has 3 aromatic rings. The van der Waals surface area contributed by atoms with Gasteiger partial charge < -0.3 is 15.4 Å². The van der Waals surface area contributed by atoms with Crippen molar-refractivity contribution in [3.63, 3.8) is 0 Å². The molecule has 28 heavy (non-hydrogen) atoms. The first-order chi connectivity index (χ1) is 13.7. The molecule has 0 saturated carbocycles. The van der Waals surface area contributed by atoms with E-state index in [-0.39, 0.29) is 11.7 Å².